The van der Waals surface area contributed by atoms with Gasteiger partial charge in [-0.3, -0.25) is 10.1 Å². The van der Waals surface area contributed by atoms with Crippen LogP contribution in [0.2, 0.25) is 0 Å². The van der Waals surface area contributed by atoms with E-state index in [1.165, 1.54) is 11.1 Å². The molecular weight excluding hydrogens is 407 g/mol. The Morgan fingerprint density at radius 3 is 2.45 bits per heavy atom. The van der Waals surface area contributed by atoms with E-state index < -0.39 is 0 Å². The highest BCUT2D eigenvalue weighted by atomic mass is 35.5. The molecule has 7 heteroatoms. The van der Waals surface area contributed by atoms with E-state index in [2.05, 4.69) is 44.5 Å². The van der Waals surface area contributed by atoms with Crippen molar-refractivity contribution in [2.45, 2.75) is 38.0 Å². The summed E-state index contributed by atoms with van der Waals surface area (Å²) < 4.78 is 2.07. The minimum atomic E-state index is -0.146. The second-order valence-corrected chi connectivity index (χ2v) is 6.93. The molecule has 2 heterocycles. The fraction of sp³-hybridized carbons (Fsp3) is 0.273. The van der Waals surface area contributed by atoms with E-state index in [4.69, 9.17) is 0 Å². The molecule has 0 unspecified atom stereocenters. The number of hydrogen-bond donors (Lipinski definition) is 2. The van der Waals surface area contributed by atoms with Crippen molar-refractivity contribution in [3.8, 4) is 0 Å². The summed E-state index contributed by atoms with van der Waals surface area (Å²) in [4.78, 5) is 17.0. The van der Waals surface area contributed by atoms with Crippen LogP contribution in [-0.4, -0.2) is 21.5 Å². The topological polar surface area (TPSA) is 59.0 Å². The van der Waals surface area contributed by atoms with Crippen molar-refractivity contribution < 1.29 is 4.79 Å². The first kappa shape index (κ1) is 22.9. The van der Waals surface area contributed by atoms with Gasteiger partial charge in [0.1, 0.15) is 5.82 Å². The van der Waals surface area contributed by atoms with E-state index in [0.29, 0.717) is 6.54 Å². The van der Waals surface area contributed by atoms with Gasteiger partial charge in [0.15, 0.2) is 0 Å². The highest BCUT2D eigenvalue weighted by molar-refractivity contribution is 5.85. The van der Waals surface area contributed by atoms with Gasteiger partial charge in [0.2, 0.25) is 5.91 Å². The lowest BCUT2D eigenvalue weighted by molar-refractivity contribution is -0.123. The zero-order chi connectivity index (χ0) is 18.5. The number of benzene rings is 2. The Morgan fingerprint density at radius 2 is 1.72 bits per heavy atom. The van der Waals surface area contributed by atoms with E-state index in [9.17, 15) is 4.79 Å². The third kappa shape index (κ3) is 5.82. The van der Waals surface area contributed by atoms with Crippen LogP contribution in [0.25, 0.3) is 0 Å². The summed E-state index contributed by atoms with van der Waals surface area (Å²) in [6.45, 7) is 1.19. The molecule has 0 aliphatic carbocycles. The molecule has 2 aromatic carbocycles. The summed E-state index contributed by atoms with van der Waals surface area (Å²) in [5, 5.41) is 6.49. The second kappa shape index (κ2) is 11.0. The molecule has 0 saturated carbocycles. The first-order valence-corrected chi connectivity index (χ1v) is 9.42. The van der Waals surface area contributed by atoms with Gasteiger partial charge in [-0.25, -0.2) is 4.98 Å². The van der Waals surface area contributed by atoms with Crippen LogP contribution in [0.3, 0.4) is 0 Å². The van der Waals surface area contributed by atoms with Crippen LogP contribution in [-0.2, 0) is 17.9 Å². The number of nitrogens with one attached hydrogen (secondary N) is 2. The Labute approximate surface area is 183 Å². The van der Waals surface area contributed by atoms with Gasteiger partial charge in [-0.15, -0.1) is 24.8 Å². The molecule has 5 nitrogen and oxygen atoms in total. The second-order valence-electron chi connectivity index (χ2n) is 6.93. The van der Waals surface area contributed by atoms with Crippen LogP contribution in [0.4, 0.5) is 0 Å². The lowest BCUT2D eigenvalue weighted by Crippen LogP contribution is -2.41. The van der Waals surface area contributed by atoms with Crippen LogP contribution in [0.5, 0.6) is 0 Å². The Bertz CT molecular complexity index is 886. The van der Waals surface area contributed by atoms with Gasteiger partial charge < -0.3 is 9.88 Å². The number of rotatable bonds is 6. The quantitative estimate of drug-likeness (QED) is 0.620. The van der Waals surface area contributed by atoms with Crippen LogP contribution in [0, 0.1) is 0 Å². The van der Waals surface area contributed by atoms with Crippen molar-refractivity contribution in [1.82, 2.24) is 20.2 Å². The summed E-state index contributed by atoms with van der Waals surface area (Å²) in [6.07, 6.45) is 5.56. The molecule has 29 heavy (non-hydrogen) atoms. The minimum absolute atomic E-state index is 0. The lowest BCUT2D eigenvalue weighted by atomic mass is 10.1. The number of nitrogens with zero attached hydrogens (tertiary/aromatic N) is 2. The highest BCUT2D eigenvalue weighted by Gasteiger charge is 2.29. The molecule has 0 spiro atoms. The third-order valence-corrected chi connectivity index (χ3v) is 5.08. The molecule has 2 N–H and O–H groups in total. The van der Waals surface area contributed by atoms with Gasteiger partial charge >= 0.3 is 0 Å². The number of halogens is 2. The fourth-order valence-corrected chi connectivity index (χ4v) is 3.62. The van der Waals surface area contributed by atoms with Crippen LogP contribution in [0.15, 0.2) is 73.1 Å². The van der Waals surface area contributed by atoms with E-state index >= 15 is 0 Å². The van der Waals surface area contributed by atoms with Gasteiger partial charge in [0.05, 0.1) is 12.6 Å². The van der Waals surface area contributed by atoms with Gasteiger partial charge in [-0.1, -0.05) is 60.7 Å². The van der Waals surface area contributed by atoms with E-state index in [0.717, 1.165) is 25.2 Å². The predicted molar refractivity (Wildman–Crippen MR) is 119 cm³/mol. The van der Waals surface area contributed by atoms with Crippen LogP contribution < -0.4 is 10.6 Å². The SMILES string of the molecule is Cl.Cl.O=C(NCc1nccn1Cc1ccccc1)[C@H]1CC[C@H](c2ccccc2)N1. The zero-order valence-corrected chi connectivity index (χ0v) is 17.7. The minimum Gasteiger partial charge on any atom is -0.348 e. The number of aromatic nitrogens is 2. The molecule has 1 saturated heterocycles. The van der Waals surface area contributed by atoms with Crippen LogP contribution in [0.1, 0.15) is 35.8 Å². The smallest absolute Gasteiger partial charge is 0.237 e. The fourth-order valence-electron chi connectivity index (χ4n) is 3.62. The van der Waals surface area contributed by atoms with Crippen molar-refractivity contribution in [2.75, 3.05) is 0 Å². The molecule has 1 aliphatic rings. The number of carbonyl (C=O) groups is 1. The Balaban J connectivity index is 0.00000150. The van der Waals surface area contributed by atoms with E-state index in [-0.39, 0.29) is 42.8 Å². The van der Waals surface area contributed by atoms with Gasteiger partial charge in [0.25, 0.3) is 0 Å². The molecule has 2 atom stereocenters. The monoisotopic (exact) mass is 432 g/mol. The van der Waals surface area contributed by atoms with Crippen molar-refractivity contribution in [1.29, 1.82) is 0 Å². The van der Waals surface area contributed by atoms with E-state index in [1.807, 2.05) is 42.6 Å². The summed E-state index contributed by atoms with van der Waals surface area (Å²) in [6, 6.07) is 20.7. The highest BCUT2D eigenvalue weighted by Crippen LogP contribution is 2.26. The molecule has 4 rings (SSSR count). The van der Waals surface area contributed by atoms with Crippen LogP contribution >= 0.6 is 24.8 Å². The Morgan fingerprint density at radius 1 is 1.03 bits per heavy atom. The number of imidazole rings is 1. The van der Waals surface area contributed by atoms with E-state index in [1.54, 1.807) is 6.20 Å². The van der Waals surface area contributed by atoms with Crippen molar-refractivity contribution in [3.63, 3.8) is 0 Å². The number of hydrogen-bond acceptors (Lipinski definition) is 3. The summed E-state index contributed by atoms with van der Waals surface area (Å²) in [5.74, 6) is 0.910. The summed E-state index contributed by atoms with van der Waals surface area (Å²) in [5.41, 5.74) is 2.46. The molecule has 1 aliphatic heterocycles. The largest absolute Gasteiger partial charge is 0.348 e. The Kier molecular flexibility index (Phi) is 8.70. The molecular formula is C22H26Cl2N4O. The van der Waals surface area contributed by atoms with Gasteiger partial charge in [0, 0.05) is 25.0 Å². The molecule has 1 amide bonds. The maximum atomic E-state index is 12.6. The number of amides is 1. The average Bonchev–Trinajstić information content (AvgIpc) is 3.37. The first-order valence-electron chi connectivity index (χ1n) is 9.42. The first-order chi connectivity index (χ1) is 13.3. The summed E-state index contributed by atoms with van der Waals surface area (Å²) >= 11 is 0. The molecule has 1 fully saturated rings. The Hall–Kier alpha value is -2.34. The lowest BCUT2D eigenvalue weighted by Gasteiger charge is -2.15. The van der Waals surface area contributed by atoms with Gasteiger partial charge in [-0.05, 0) is 24.0 Å². The zero-order valence-electron chi connectivity index (χ0n) is 16.0. The van der Waals surface area contributed by atoms with Crippen molar-refractivity contribution in [3.05, 3.63) is 90.0 Å². The molecule has 0 bridgehead atoms. The maximum Gasteiger partial charge on any atom is 0.237 e. The standard InChI is InChI=1S/C22H24N4O.2ClH/c27-22(20-12-11-19(25-20)18-9-5-2-6-10-18)24-15-21-23-13-14-26(21)16-17-7-3-1-4-8-17;;/h1-10,13-14,19-20,25H,11-12,15-16H2,(H,24,27);2*1H/t19-,20-;;/m1../s1. The number of carbonyl (C=O) groups excluding carboxylic acids is 1. The van der Waals surface area contributed by atoms with Crippen molar-refractivity contribution >= 4 is 30.7 Å². The normalized spacial score (nSPS) is 17.8. The van der Waals surface area contributed by atoms with Crippen molar-refractivity contribution in [2.24, 2.45) is 0 Å². The summed E-state index contributed by atoms with van der Waals surface area (Å²) in [7, 11) is 0. The molecule has 0 radical (unpaired) electrons. The van der Waals surface area contributed by atoms with Gasteiger partial charge in [-0.2, -0.15) is 0 Å². The predicted octanol–water partition coefficient (Wildman–Crippen LogP) is 3.88. The molecule has 1 aromatic heterocycles. The maximum absolute atomic E-state index is 12.6. The molecule has 154 valence electrons. The molecule has 3 aromatic rings. The average molecular weight is 433 g/mol. The third-order valence-electron chi connectivity index (χ3n) is 5.08.